The van der Waals surface area contributed by atoms with Gasteiger partial charge in [-0.1, -0.05) is 42.5 Å². The second-order valence-corrected chi connectivity index (χ2v) is 7.24. The lowest BCUT2D eigenvalue weighted by Gasteiger charge is -2.12. The van der Waals surface area contributed by atoms with Crippen molar-refractivity contribution in [2.45, 2.75) is 6.92 Å². The van der Waals surface area contributed by atoms with Gasteiger partial charge in [0.15, 0.2) is 0 Å². The van der Waals surface area contributed by atoms with Gasteiger partial charge in [-0.2, -0.15) is 0 Å². The summed E-state index contributed by atoms with van der Waals surface area (Å²) in [6, 6.07) is 20.3. The van der Waals surface area contributed by atoms with Gasteiger partial charge < -0.3 is 15.4 Å². The lowest BCUT2D eigenvalue weighted by molar-refractivity contribution is -0.117. The second kappa shape index (κ2) is 10.2. The molecule has 1 aromatic heterocycles. The number of aryl methyl sites for hydroxylation is 1. The minimum Gasteiger partial charge on any atom is -0.491 e. The Balaban J connectivity index is 1.62. The van der Waals surface area contributed by atoms with Gasteiger partial charge in [-0.15, -0.1) is 11.3 Å². The van der Waals surface area contributed by atoms with E-state index in [1.807, 2.05) is 54.8 Å². The molecule has 1 heterocycles. The van der Waals surface area contributed by atoms with E-state index >= 15 is 0 Å². The van der Waals surface area contributed by atoms with Gasteiger partial charge in [-0.05, 0) is 48.2 Å². The van der Waals surface area contributed by atoms with Crippen molar-refractivity contribution in [2.75, 3.05) is 13.2 Å². The van der Waals surface area contributed by atoms with Gasteiger partial charge in [0.1, 0.15) is 18.1 Å². The molecule has 3 aromatic rings. The number of benzene rings is 2. The zero-order valence-electron chi connectivity index (χ0n) is 16.1. The van der Waals surface area contributed by atoms with E-state index in [1.54, 1.807) is 30.3 Å². The Bertz CT molecular complexity index is 982. The smallest absolute Gasteiger partial charge is 0.267 e. The molecule has 0 aliphatic heterocycles. The third-order valence-corrected chi connectivity index (χ3v) is 4.92. The molecule has 5 nitrogen and oxygen atoms in total. The molecule has 2 amide bonds. The van der Waals surface area contributed by atoms with E-state index in [0.717, 1.165) is 16.2 Å². The van der Waals surface area contributed by atoms with E-state index in [1.165, 1.54) is 11.3 Å². The minimum absolute atomic E-state index is 0.192. The highest BCUT2D eigenvalue weighted by Gasteiger charge is 2.14. The molecular formula is C23H22N2O3S. The van der Waals surface area contributed by atoms with Crippen molar-refractivity contribution in [2.24, 2.45) is 0 Å². The number of carbonyl (C=O) groups excluding carboxylic acids is 2. The molecule has 0 spiro atoms. The van der Waals surface area contributed by atoms with Crippen LogP contribution in [0.2, 0.25) is 0 Å². The number of ether oxygens (including phenoxy) is 1. The fourth-order valence-corrected chi connectivity index (χ4v) is 3.25. The van der Waals surface area contributed by atoms with Gasteiger partial charge in [-0.25, -0.2) is 0 Å². The van der Waals surface area contributed by atoms with Crippen molar-refractivity contribution in [3.8, 4) is 5.75 Å². The number of rotatable bonds is 8. The van der Waals surface area contributed by atoms with Crippen LogP contribution in [0.1, 0.15) is 20.8 Å². The number of amides is 2. The van der Waals surface area contributed by atoms with Crippen molar-refractivity contribution in [1.29, 1.82) is 0 Å². The molecule has 148 valence electrons. The predicted molar refractivity (Wildman–Crippen MR) is 116 cm³/mol. The predicted octanol–water partition coefficient (Wildman–Crippen LogP) is 4.02. The maximum Gasteiger partial charge on any atom is 0.267 e. The fourth-order valence-electron chi connectivity index (χ4n) is 2.60. The molecule has 0 aliphatic carbocycles. The van der Waals surface area contributed by atoms with Gasteiger partial charge in [0.05, 0.1) is 6.54 Å². The van der Waals surface area contributed by atoms with Crippen LogP contribution in [0.5, 0.6) is 5.75 Å². The molecule has 0 aliphatic rings. The van der Waals surface area contributed by atoms with Gasteiger partial charge in [0.2, 0.25) is 0 Å². The lowest BCUT2D eigenvalue weighted by atomic mass is 10.2. The lowest BCUT2D eigenvalue weighted by Crippen LogP contribution is -2.36. The molecule has 3 rings (SSSR count). The molecule has 2 aromatic carbocycles. The molecule has 0 saturated carbocycles. The van der Waals surface area contributed by atoms with Crippen molar-refractivity contribution in [3.05, 3.63) is 93.8 Å². The van der Waals surface area contributed by atoms with E-state index in [2.05, 4.69) is 10.6 Å². The van der Waals surface area contributed by atoms with Crippen LogP contribution < -0.4 is 15.4 Å². The van der Waals surface area contributed by atoms with Gasteiger partial charge in [0, 0.05) is 10.4 Å². The van der Waals surface area contributed by atoms with Crippen molar-refractivity contribution in [3.63, 3.8) is 0 Å². The normalized spacial score (nSPS) is 11.0. The number of thiophene rings is 1. The van der Waals surface area contributed by atoms with E-state index in [9.17, 15) is 9.59 Å². The topological polar surface area (TPSA) is 67.4 Å². The maximum absolute atomic E-state index is 12.7. The monoisotopic (exact) mass is 406 g/mol. The highest BCUT2D eigenvalue weighted by atomic mass is 32.1. The quantitative estimate of drug-likeness (QED) is 0.439. The summed E-state index contributed by atoms with van der Waals surface area (Å²) in [7, 11) is 0. The summed E-state index contributed by atoms with van der Waals surface area (Å²) in [6.07, 6.45) is 1.67. The van der Waals surface area contributed by atoms with E-state index in [4.69, 9.17) is 4.74 Å². The summed E-state index contributed by atoms with van der Waals surface area (Å²) >= 11 is 1.49. The SMILES string of the molecule is Cc1ccccc1OCCNC(=O)/C(=C/c1cccs1)NC(=O)c1ccccc1. The van der Waals surface area contributed by atoms with E-state index < -0.39 is 0 Å². The first-order valence-electron chi connectivity index (χ1n) is 9.22. The Kier molecular flexibility index (Phi) is 7.19. The number of nitrogens with one attached hydrogen (secondary N) is 2. The number of hydrogen-bond donors (Lipinski definition) is 2. The number of hydrogen-bond acceptors (Lipinski definition) is 4. The van der Waals surface area contributed by atoms with Crippen LogP contribution in [-0.4, -0.2) is 25.0 Å². The fraction of sp³-hybridized carbons (Fsp3) is 0.130. The third-order valence-electron chi connectivity index (χ3n) is 4.10. The standard InChI is InChI=1S/C23H22N2O3S/c1-17-8-5-6-12-21(17)28-14-13-24-23(27)20(16-19-11-7-15-29-19)25-22(26)18-9-3-2-4-10-18/h2-12,15-16H,13-14H2,1H3,(H,24,27)(H,25,26)/b20-16-. The third kappa shape index (κ3) is 6.05. The molecule has 0 radical (unpaired) electrons. The Morgan fingerprint density at radius 3 is 2.48 bits per heavy atom. The van der Waals surface area contributed by atoms with Crippen molar-refractivity contribution >= 4 is 29.2 Å². The molecule has 2 N–H and O–H groups in total. The van der Waals surface area contributed by atoms with Crippen molar-refractivity contribution in [1.82, 2.24) is 10.6 Å². The molecule has 0 bridgehead atoms. The highest BCUT2D eigenvalue weighted by Crippen LogP contribution is 2.16. The summed E-state index contributed by atoms with van der Waals surface area (Å²) in [6.45, 7) is 2.61. The molecular weight excluding hydrogens is 384 g/mol. The van der Waals surface area contributed by atoms with E-state index in [-0.39, 0.29) is 17.5 Å². The summed E-state index contributed by atoms with van der Waals surface area (Å²) in [5.41, 5.74) is 1.71. The van der Waals surface area contributed by atoms with Crippen LogP contribution >= 0.6 is 11.3 Å². The average Bonchev–Trinajstić information content (AvgIpc) is 3.25. The van der Waals surface area contributed by atoms with Crippen LogP contribution in [0.4, 0.5) is 0 Å². The van der Waals surface area contributed by atoms with Crippen LogP contribution in [-0.2, 0) is 4.79 Å². The van der Waals surface area contributed by atoms with E-state index in [0.29, 0.717) is 18.7 Å². The Morgan fingerprint density at radius 1 is 1.00 bits per heavy atom. The maximum atomic E-state index is 12.7. The largest absolute Gasteiger partial charge is 0.491 e. The first kappa shape index (κ1) is 20.4. The Hall–Kier alpha value is -3.38. The molecule has 29 heavy (non-hydrogen) atoms. The molecule has 6 heteroatoms. The zero-order chi connectivity index (χ0) is 20.5. The first-order valence-corrected chi connectivity index (χ1v) is 10.1. The van der Waals surface area contributed by atoms with Gasteiger partial charge in [-0.3, -0.25) is 9.59 Å². The minimum atomic E-state index is -0.365. The van der Waals surface area contributed by atoms with Gasteiger partial charge in [0.25, 0.3) is 11.8 Å². The Labute approximate surface area is 174 Å². The van der Waals surface area contributed by atoms with Gasteiger partial charge >= 0.3 is 0 Å². The molecule has 0 saturated heterocycles. The summed E-state index contributed by atoms with van der Waals surface area (Å²) in [5, 5.41) is 7.43. The molecule has 0 fully saturated rings. The highest BCUT2D eigenvalue weighted by molar-refractivity contribution is 7.10. The summed E-state index contributed by atoms with van der Waals surface area (Å²) in [5.74, 6) is 0.0873. The number of para-hydroxylation sites is 1. The Morgan fingerprint density at radius 2 is 1.76 bits per heavy atom. The van der Waals surface area contributed by atoms with Crippen LogP contribution in [0.3, 0.4) is 0 Å². The zero-order valence-corrected chi connectivity index (χ0v) is 16.9. The summed E-state index contributed by atoms with van der Waals surface area (Å²) < 4.78 is 5.70. The summed E-state index contributed by atoms with van der Waals surface area (Å²) in [4.78, 5) is 26.0. The van der Waals surface area contributed by atoms with Crippen molar-refractivity contribution < 1.29 is 14.3 Å². The number of carbonyl (C=O) groups is 2. The van der Waals surface area contributed by atoms with Crippen LogP contribution in [0.25, 0.3) is 6.08 Å². The molecule has 0 atom stereocenters. The molecule has 0 unspecified atom stereocenters. The van der Waals surface area contributed by atoms with Crippen LogP contribution in [0, 0.1) is 6.92 Å². The average molecular weight is 407 g/mol. The first-order chi connectivity index (χ1) is 14.1. The van der Waals surface area contributed by atoms with Crippen LogP contribution in [0.15, 0.2) is 77.8 Å². The second-order valence-electron chi connectivity index (χ2n) is 6.26.